The molecule has 0 saturated carbocycles. The predicted molar refractivity (Wildman–Crippen MR) is 146 cm³/mol. The number of allylic oxidation sites excluding steroid dienone is 2. The zero-order chi connectivity index (χ0) is 25.8. The Morgan fingerprint density at radius 3 is 1.66 bits per heavy atom. The van der Waals surface area contributed by atoms with Gasteiger partial charge in [0.25, 0.3) is 0 Å². The third kappa shape index (κ3) is 8.91. The van der Waals surface area contributed by atoms with E-state index in [-0.39, 0.29) is 48.0 Å². The van der Waals surface area contributed by atoms with Gasteiger partial charge in [0.15, 0.2) is 0 Å². The lowest BCUT2D eigenvalue weighted by Gasteiger charge is -2.32. The molecule has 0 unspecified atom stereocenters. The Labute approximate surface area is 213 Å². The Kier molecular flexibility index (Phi) is 12.2. The molecule has 2 aromatic carbocycles. The minimum Gasteiger partial charge on any atom is -0.370 e. The maximum atomic E-state index is 13.6. The van der Waals surface area contributed by atoms with Crippen LogP contribution in [0.15, 0.2) is 85.0 Å². The summed E-state index contributed by atoms with van der Waals surface area (Å²) in [4.78, 5) is 13.6. The van der Waals surface area contributed by atoms with Crippen molar-refractivity contribution in [3.05, 3.63) is 96.1 Å². The lowest BCUT2D eigenvalue weighted by atomic mass is 9.85. The Bertz CT molecular complexity index is 918. The maximum Gasteiger partial charge on any atom is 0.140 e. The standard InChI is InChI=1S/C32H44O3/c1-8-16-23(3)31(34-26(6)28-18-12-10-13-19-28)22-30(33)25(5)32(24(4)17-9-2)35-27(7)29-20-14-11-15-21-29/h8-21,23-27,31-32H,22H2,1-7H3/b16-8-,17-9+/t23-,24-,25-,26+,27+,31+,32-/m1/s1. The summed E-state index contributed by atoms with van der Waals surface area (Å²) in [6.07, 6.45) is 8.04. The normalized spacial score (nSPS) is 18.1. The van der Waals surface area contributed by atoms with Gasteiger partial charge in [-0.15, -0.1) is 0 Å². The zero-order valence-corrected chi connectivity index (χ0v) is 22.6. The fourth-order valence-electron chi connectivity index (χ4n) is 4.57. The number of hydrogen-bond acceptors (Lipinski definition) is 3. The summed E-state index contributed by atoms with van der Waals surface area (Å²) < 4.78 is 13.0. The van der Waals surface area contributed by atoms with Gasteiger partial charge in [0.1, 0.15) is 5.78 Å². The van der Waals surface area contributed by atoms with Crippen molar-refractivity contribution in [2.75, 3.05) is 0 Å². The lowest BCUT2D eigenvalue weighted by molar-refractivity contribution is -0.136. The number of rotatable bonds is 14. The summed E-state index contributed by atoms with van der Waals surface area (Å²) in [7, 11) is 0. The summed E-state index contributed by atoms with van der Waals surface area (Å²) in [5.41, 5.74) is 2.23. The first-order valence-electron chi connectivity index (χ1n) is 13.0. The summed E-state index contributed by atoms with van der Waals surface area (Å²) in [5, 5.41) is 0. The summed E-state index contributed by atoms with van der Waals surface area (Å²) in [6.45, 7) is 14.4. The molecule has 0 aliphatic carbocycles. The molecule has 0 aliphatic rings. The SMILES string of the molecule is C/C=C\[C@@H](C)[C@H](CC(=O)[C@@H](C)[C@H](O[C@@H](C)c1ccccc1)[C@H](C)/C=C/C)O[C@@H](C)c1ccccc1. The molecule has 0 radical (unpaired) electrons. The van der Waals surface area contributed by atoms with Crippen LogP contribution in [0.5, 0.6) is 0 Å². The summed E-state index contributed by atoms with van der Waals surface area (Å²) >= 11 is 0. The lowest BCUT2D eigenvalue weighted by Crippen LogP contribution is -2.37. The van der Waals surface area contributed by atoms with Crippen molar-refractivity contribution >= 4 is 5.78 Å². The molecule has 0 amide bonds. The van der Waals surface area contributed by atoms with Gasteiger partial charge in [-0.05, 0) is 38.8 Å². The van der Waals surface area contributed by atoms with Crippen molar-refractivity contribution in [1.82, 2.24) is 0 Å². The first-order chi connectivity index (χ1) is 16.8. The van der Waals surface area contributed by atoms with E-state index in [0.717, 1.165) is 11.1 Å². The fourth-order valence-corrected chi connectivity index (χ4v) is 4.57. The molecule has 2 rings (SSSR count). The van der Waals surface area contributed by atoms with Gasteiger partial charge >= 0.3 is 0 Å². The number of Topliss-reactive ketones (excluding diaryl/α,β-unsaturated/α-hetero) is 1. The van der Waals surface area contributed by atoms with E-state index in [1.165, 1.54) is 0 Å². The highest BCUT2D eigenvalue weighted by atomic mass is 16.5. The molecule has 0 aromatic heterocycles. The van der Waals surface area contributed by atoms with Crippen LogP contribution in [0.2, 0.25) is 0 Å². The highest BCUT2D eigenvalue weighted by Gasteiger charge is 2.33. The Morgan fingerprint density at radius 2 is 1.17 bits per heavy atom. The van der Waals surface area contributed by atoms with Gasteiger partial charge in [-0.3, -0.25) is 4.79 Å². The number of carbonyl (C=O) groups is 1. The number of carbonyl (C=O) groups excluding carboxylic acids is 1. The van der Waals surface area contributed by atoms with E-state index < -0.39 is 0 Å². The van der Waals surface area contributed by atoms with Crippen LogP contribution in [-0.2, 0) is 14.3 Å². The maximum absolute atomic E-state index is 13.6. The van der Waals surface area contributed by atoms with E-state index in [4.69, 9.17) is 9.47 Å². The Balaban J connectivity index is 2.20. The van der Waals surface area contributed by atoms with Gasteiger partial charge in [0, 0.05) is 24.2 Å². The van der Waals surface area contributed by atoms with Crippen molar-refractivity contribution in [3.8, 4) is 0 Å². The van der Waals surface area contributed by atoms with Crippen LogP contribution in [0, 0.1) is 17.8 Å². The largest absolute Gasteiger partial charge is 0.370 e. The van der Waals surface area contributed by atoms with E-state index in [1.807, 2.05) is 69.3 Å². The monoisotopic (exact) mass is 476 g/mol. The zero-order valence-electron chi connectivity index (χ0n) is 22.6. The number of ketones is 1. The fraction of sp³-hybridized carbons (Fsp3) is 0.469. The molecule has 0 spiro atoms. The van der Waals surface area contributed by atoms with Crippen LogP contribution in [0.4, 0.5) is 0 Å². The van der Waals surface area contributed by atoms with Gasteiger partial charge in [-0.1, -0.05) is 106 Å². The van der Waals surface area contributed by atoms with Gasteiger partial charge in [0.05, 0.1) is 24.4 Å². The predicted octanol–water partition coefficient (Wildman–Crippen LogP) is 8.30. The summed E-state index contributed by atoms with van der Waals surface area (Å²) in [5.74, 6) is 0.148. The van der Waals surface area contributed by atoms with Crippen molar-refractivity contribution in [3.63, 3.8) is 0 Å². The Morgan fingerprint density at radius 1 is 0.714 bits per heavy atom. The van der Waals surface area contributed by atoms with Crippen molar-refractivity contribution < 1.29 is 14.3 Å². The molecule has 0 fully saturated rings. The number of ether oxygens (including phenoxy) is 2. The van der Waals surface area contributed by atoms with Crippen LogP contribution in [0.25, 0.3) is 0 Å². The molecule has 0 bridgehead atoms. The van der Waals surface area contributed by atoms with Gasteiger partial charge < -0.3 is 9.47 Å². The van der Waals surface area contributed by atoms with Gasteiger partial charge in [-0.25, -0.2) is 0 Å². The molecule has 2 aromatic rings. The number of hydrogen-bond donors (Lipinski definition) is 0. The van der Waals surface area contributed by atoms with E-state index in [2.05, 4.69) is 64.1 Å². The molecular weight excluding hydrogens is 432 g/mol. The van der Waals surface area contributed by atoms with E-state index in [9.17, 15) is 4.79 Å². The van der Waals surface area contributed by atoms with Crippen LogP contribution in [0.3, 0.4) is 0 Å². The average Bonchev–Trinajstić information content (AvgIpc) is 2.87. The number of benzene rings is 2. The molecule has 3 nitrogen and oxygen atoms in total. The second-order valence-corrected chi connectivity index (χ2v) is 9.61. The van der Waals surface area contributed by atoms with E-state index >= 15 is 0 Å². The van der Waals surface area contributed by atoms with Crippen LogP contribution < -0.4 is 0 Å². The first-order valence-corrected chi connectivity index (χ1v) is 13.0. The molecule has 0 aliphatic heterocycles. The topological polar surface area (TPSA) is 35.5 Å². The van der Waals surface area contributed by atoms with Crippen molar-refractivity contribution in [2.24, 2.45) is 17.8 Å². The molecule has 3 heteroatoms. The molecule has 35 heavy (non-hydrogen) atoms. The van der Waals surface area contributed by atoms with E-state index in [0.29, 0.717) is 6.42 Å². The smallest absolute Gasteiger partial charge is 0.140 e. The van der Waals surface area contributed by atoms with Crippen LogP contribution >= 0.6 is 0 Å². The first kappa shape index (κ1) is 28.7. The molecule has 190 valence electrons. The summed E-state index contributed by atoms with van der Waals surface area (Å²) in [6, 6.07) is 20.4. The molecular formula is C32H44O3. The minimum atomic E-state index is -0.261. The highest BCUT2D eigenvalue weighted by molar-refractivity contribution is 5.81. The Hall–Kier alpha value is -2.49. The second-order valence-electron chi connectivity index (χ2n) is 9.61. The second kappa shape index (κ2) is 14.8. The minimum absolute atomic E-state index is 0.0934. The van der Waals surface area contributed by atoms with Crippen molar-refractivity contribution in [2.45, 2.75) is 79.3 Å². The molecule has 0 heterocycles. The van der Waals surface area contributed by atoms with Crippen LogP contribution in [-0.4, -0.2) is 18.0 Å². The molecule has 0 N–H and O–H groups in total. The van der Waals surface area contributed by atoms with Gasteiger partial charge in [-0.2, -0.15) is 0 Å². The third-order valence-corrected chi connectivity index (χ3v) is 6.78. The van der Waals surface area contributed by atoms with E-state index in [1.54, 1.807) is 0 Å². The van der Waals surface area contributed by atoms with Gasteiger partial charge in [0.2, 0.25) is 0 Å². The average molecular weight is 477 g/mol. The molecule has 0 saturated heterocycles. The highest BCUT2D eigenvalue weighted by Crippen LogP contribution is 2.30. The van der Waals surface area contributed by atoms with Crippen LogP contribution in [0.1, 0.15) is 78.2 Å². The molecule has 7 atom stereocenters. The quantitative estimate of drug-likeness (QED) is 0.257. The third-order valence-electron chi connectivity index (χ3n) is 6.78. The van der Waals surface area contributed by atoms with Crippen molar-refractivity contribution in [1.29, 1.82) is 0 Å².